The molecule has 0 saturated carbocycles. The van der Waals surface area contributed by atoms with E-state index in [1.807, 2.05) is 0 Å². The van der Waals surface area contributed by atoms with Crippen molar-refractivity contribution in [2.45, 2.75) is 45.6 Å². The highest BCUT2D eigenvalue weighted by atomic mass is 32.1. The van der Waals surface area contributed by atoms with Crippen LogP contribution in [0.4, 0.5) is 5.13 Å². The molecule has 17 heavy (non-hydrogen) atoms. The van der Waals surface area contributed by atoms with Crippen molar-refractivity contribution in [2.75, 3.05) is 18.0 Å². The Labute approximate surface area is 107 Å². The number of hydrogen-bond acceptors (Lipinski definition) is 5. The summed E-state index contributed by atoms with van der Waals surface area (Å²) in [5.41, 5.74) is 5.95. The van der Waals surface area contributed by atoms with Crippen LogP contribution in [0.2, 0.25) is 0 Å². The molecule has 96 valence electrons. The van der Waals surface area contributed by atoms with Crippen molar-refractivity contribution in [3.8, 4) is 0 Å². The van der Waals surface area contributed by atoms with Crippen molar-refractivity contribution in [3.63, 3.8) is 0 Å². The first-order chi connectivity index (χ1) is 8.20. The molecule has 5 heteroatoms. The van der Waals surface area contributed by atoms with E-state index in [4.69, 9.17) is 5.73 Å². The second kappa shape index (κ2) is 5.78. The Morgan fingerprint density at radius 1 is 1.47 bits per heavy atom. The van der Waals surface area contributed by atoms with Crippen molar-refractivity contribution in [3.05, 3.63) is 5.82 Å². The number of nitrogens with two attached hydrogens (primary N) is 1. The van der Waals surface area contributed by atoms with E-state index in [1.165, 1.54) is 24.4 Å². The van der Waals surface area contributed by atoms with Gasteiger partial charge in [-0.3, -0.25) is 0 Å². The van der Waals surface area contributed by atoms with Crippen LogP contribution in [0, 0.1) is 5.92 Å². The molecule has 1 aromatic rings. The third-order valence-electron chi connectivity index (χ3n) is 3.48. The Kier molecular flexibility index (Phi) is 4.34. The van der Waals surface area contributed by atoms with Gasteiger partial charge in [-0.2, -0.15) is 4.37 Å². The molecule has 0 spiro atoms. The molecule has 2 N–H and O–H groups in total. The molecule has 2 rings (SSSR count). The summed E-state index contributed by atoms with van der Waals surface area (Å²) >= 11 is 1.54. The molecule has 1 fully saturated rings. The van der Waals surface area contributed by atoms with E-state index in [0.717, 1.165) is 36.9 Å². The van der Waals surface area contributed by atoms with Crippen molar-refractivity contribution in [1.29, 1.82) is 0 Å². The molecule has 1 atom stereocenters. The lowest BCUT2D eigenvalue weighted by molar-refractivity contribution is 0.354. The molecule has 0 aromatic carbocycles. The predicted octanol–water partition coefficient (Wildman–Crippen LogP) is 2.05. The van der Waals surface area contributed by atoms with Gasteiger partial charge in [-0.25, -0.2) is 4.98 Å². The van der Waals surface area contributed by atoms with Crippen molar-refractivity contribution in [1.82, 2.24) is 9.36 Å². The number of hydrogen-bond donors (Lipinski definition) is 1. The molecule has 2 heterocycles. The van der Waals surface area contributed by atoms with Crippen LogP contribution in [0.15, 0.2) is 0 Å². The maximum atomic E-state index is 5.95. The topological polar surface area (TPSA) is 55.0 Å². The van der Waals surface area contributed by atoms with Crippen LogP contribution in [0.5, 0.6) is 0 Å². The first-order valence-electron chi connectivity index (χ1n) is 6.53. The van der Waals surface area contributed by atoms with Gasteiger partial charge in [0.25, 0.3) is 0 Å². The number of nitrogens with zero attached hydrogens (tertiary/aromatic N) is 3. The van der Waals surface area contributed by atoms with Gasteiger partial charge < -0.3 is 10.6 Å². The van der Waals surface area contributed by atoms with Crippen molar-refractivity contribution < 1.29 is 0 Å². The van der Waals surface area contributed by atoms with Crippen LogP contribution in [0.25, 0.3) is 0 Å². The van der Waals surface area contributed by atoms with Crippen LogP contribution in [-0.2, 0) is 6.42 Å². The van der Waals surface area contributed by atoms with Crippen molar-refractivity contribution in [2.24, 2.45) is 11.7 Å². The summed E-state index contributed by atoms with van der Waals surface area (Å²) in [4.78, 5) is 6.95. The highest BCUT2D eigenvalue weighted by molar-refractivity contribution is 7.09. The van der Waals surface area contributed by atoms with Crippen molar-refractivity contribution >= 4 is 16.7 Å². The fourth-order valence-corrected chi connectivity index (χ4v) is 3.08. The zero-order valence-electron chi connectivity index (χ0n) is 10.7. The molecule has 0 bridgehead atoms. The Morgan fingerprint density at radius 3 is 2.76 bits per heavy atom. The van der Waals surface area contributed by atoms with Crippen LogP contribution in [0.1, 0.15) is 38.9 Å². The molecule has 1 aliphatic rings. The maximum absolute atomic E-state index is 5.95. The summed E-state index contributed by atoms with van der Waals surface area (Å²) in [5, 5.41) is 1.09. The van der Waals surface area contributed by atoms with Gasteiger partial charge >= 0.3 is 0 Å². The molecule has 4 nitrogen and oxygen atoms in total. The summed E-state index contributed by atoms with van der Waals surface area (Å²) in [6.45, 7) is 6.43. The van der Waals surface area contributed by atoms with Crippen LogP contribution in [0.3, 0.4) is 0 Å². The molecule has 1 aliphatic heterocycles. The van der Waals surface area contributed by atoms with E-state index in [0.29, 0.717) is 12.0 Å². The Balaban J connectivity index is 1.91. The lowest BCUT2D eigenvalue weighted by Gasteiger charge is -2.33. The third-order valence-corrected chi connectivity index (χ3v) is 4.30. The standard InChI is InChI=1S/C12H22N4S/c1-3-4-11-14-12(17-15-11)16-7-5-10(6-8-16)9(2)13/h9-10H,3-8,13H2,1-2H3. The van der Waals surface area contributed by atoms with Gasteiger partial charge in [0, 0.05) is 37.1 Å². The zero-order chi connectivity index (χ0) is 12.3. The minimum Gasteiger partial charge on any atom is -0.347 e. The molecule has 1 aromatic heterocycles. The number of aromatic nitrogens is 2. The molecule has 0 amide bonds. The number of rotatable bonds is 4. The monoisotopic (exact) mass is 254 g/mol. The van der Waals surface area contributed by atoms with Crippen LogP contribution >= 0.6 is 11.5 Å². The lowest BCUT2D eigenvalue weighted by atomic mass is 9.91. The van der Waals surface area contributed by atoms with Crippen LogP contribution in [-0.4, -0.2) is 28.5 Å². The molecule has 1 saturated heterocycles. The van der Waals surface area contributed by atoms with Gasteiger partial charge in [-0.15, -0.1) is 0 Å². The van der Waals surface area contributed by atoms with Gasteiger partial charge in [-0.1, -0.05) is 6.92 Å². The summed E-state index contributed by atoms with van der Waals surface area (Å²) in [5.74, 6) is 1.68. The smallest absolute Gasteiger partial charge is 0.205 e. The fourth-order valence-electron chi connectivity index (χ4n) is 2.31. The second-order valence-electron chi connectivity index (χ2n) is 4.93. The summed E-state index contributed by atoms with van der Waals surface area (Å²) in [7, 11) is 0. The summed E-state index contributed by atoms with van der Waals surface area (Å²) in [6, 6.07) is 0.322. The number of piperidine rings is 1. The van der Waals surface area contributed by atoms with E-state index in [2.05, 4.69) is 28.1 Å². The average Bonchev–Trinajstić information content (AvgIpc) is 2.78. The Hall–Kier alpha value is -0.680. The van der Waals surface area contributed by atoms with E-state index in [-0.39, 0.29) is 0 Å². The highest BCUT2D eigenvalue weighted by Gasteiger charge is 2.23. The first kappa shape index (κ1) is 12.8. The van der Waals surface area contributed by atoms with Gasteiger partial charge in [-0.05, 0) is 32.1 Å². The zero-order valence-corrected chi connectivity index (χ0v) is 11.5. The SMILES string of the molecule is CCCc1nsc(N2CCC(C(C)N)CC2)n1. The fraction of sp³-hybridized carbons (Fsp3) is 0.833. The highest BCUT2D eigenvalue weighted by Crippen LogP contribution is 2.26. The number of anilines is 1. The van der Waals surface area contributed by atoms with E-state index in [9.17, 15) is 0 Å². The average molecular weight is 254 g/mol. The predicted molar refractivity (Wildman–Crippen MR) is 72.5 cm³/mol. The van der Waals surface area contributed by atoms with Gasteiger partial charge in [0.1, 0.15) is 5.82 Å². The molecule has 1 unspecified atom stereocenters. The summed E-state index contributed by atoms with van der Waals surface area (Å²) in [6.07, 6.45) is 4.47. The number of aryl methyl sites for hydroxylation is 1. The molecule has 0 aliphatic carbocycles. The first-order valence-corrected chi connectivity index (χ1v) is 7.31. The largest absolute Gasteiger partial charge is 0.347 e. The molecular weight excluding hydrogens is 232 g/mol. The second-order valence-corrected chi connectivity index (χ2v) is 5.66. The molecule has 0 radical (unpaired) electrons. The van der Waals surface area contributed by atoms with E-state index >= 15 is 0 Å². The summed E-state index contributed by atoms with van der Waals surface area (Å²) < 4.78 is 4.40. The maximum Gasteiger partial charge on any atom is 0.205 e. The van der Waals surface area contributed by atoms with E-state index < -0.39 is 0 Å². The van der Waals surface area contributed by atoms with Gasteiger partial charge in [0.05, 0.1) is 0 Å². The van der Waals surface area contributed by atoms with Gasteiger partial charge in [0.15, 0.2) is 0 Å². The Bertz CT molecular complexity index is 342. The third kappa shape index (κ3) is 3.16. The minimum atomic E-state index is 0.322. The Morgan fingerprint density at radius 2 is 2.18 bits per heavy atom. The van der Waals surface area contributed by atoms with Gasteiger partial charge in [0.2, 0.25) is 5.13 Å². The van der Waals surface area contributed by atoms with E-state index in [1.54, 1.807) is 0 Å². The lowest BCUT2D eigenvalue weighted by Crippen LogP contribution is -2.39. The molecular formula is C12H22N4S. The minimum absolute atomic E-state index is 0.322. The quantitative estimate of drug-likeness (QED) is 0.893. The normalized spacial score (nSPS) is 19.6. The van der Waals surface area contributed by atoms with Crippen LogP contribution < -0.4 is 10.6 Å².